The van der Waals surface area contributed by atoms with Gasteiger partial charge < -0.3 is 11.1 Å². The zero-order valence-corrected chi connectivity index (χ0v) is 11.8. The highest BCUT2D eigenvalue weighted by Crippen LogP contribution is 2.24. The van der Waals surface area contributed by atoms with E-state index in [2.05, 4.69) is 21.2 Å². The fourth-order valence-electron chi connectivity index (χ4n) is 1.73. The maximum Gasteiger partial charge on any atom is 0.255 e. The Balaban J connectivity index is 2.28. The molecule has 0 aliphatic rings. The molecule has 0 unspecified atom stereocenters. The van der Waals surface area contributed by atoms with E-state index in [1.807, 2.05) is 6.92 Å². The molecule has 0 aromatic heterocycles. The predicted octanol–water partition coefficient (Wildman–Crippen LogP) is 3.73. The molecule has 0 heterocycles. The number of halogens is 2. The summed E-state index contributed by atoms with van der Waals surface area (Å²) in [6.07, 6.45) is 0. The normalized spacial score (nSPS) is 10.3. The van der Waals surface area contributed by atoms with Crippen LogP contribution in [0, 0.1) is 12.7 Å². The van der Waals surface area contributed by atoms with Crippen molar-refractivity contribution in [2.45, 2.75) is 6.92 Å². The van der Waals surface area contributed by atoms with Gasteiger partial charge in [0.15, 0.2) is 0 Å². The van der Waals surface area contributed by atoms with Crippen LogP contribution in [0.25, 0.3) is 0 Å². The first-order chi connectivity index (χ1) is 8.95. The molecular formula is C14H12BrFN2O. The average Bonchev–Trinajstić information content (AvgIpc) is 2.32. The molecule has 0 bridgehead atoms. The Morgan fingerprint density at radius 2 is 2.00 bits per heavy atom. The van der Waals surface area contributed by atoms with Crippen molar-refractivity contribution >= 4 is 33.2 Å². The first kappa shape index (κ1) is 13.5. The highest BCUT2D eigenvalue weighted by atomic mass is 79.9. The number of rotatable bonds is 2. The molecule has 0 spiro atoms. The smallest absolute Gasteiger partial charge is 0.255 e. The minimum Gasteiger partial charge on any atom is -0.399 e. The number of aryl methyl sites for hydroxylation is 1. The Morgan fingerprint density at radius 1 is 1.26 bits per heavy atom. The number of hydrogen-bond acceptors (Lipinski definition) is 2. The van der Waals surface area contributed by atoms with Crippen LogP contribution in [-0.2, 0) is 0 Å². The summed E-state index contributed by atoms with van der Waals surface area (Å²) >= 11 is 3.25. The monoisotopic (exact) mass is 322 g/mol. The van der Waals surface area contributed by atoms with Crippen molar-refractivity contribution in [3.05, 3.63) is 57.8 Å². The van der Waals surface area contributed by atoms with Gasteiger partial charge in [0, 0.05) is 15.7 Å². The Kier molecular flexibility index (Phi) is 3.85. The number of nitrogens with two attached hydrogens (primary N) is 1. The minimum absolute atomic E-state index is 0.332. The Labute approximate surface area is 118 Å². The predicted molar refractivity (Wildman–Crippen MR) is 77.6 cm³/mol. The third kappa shape index (κ3) is 3.32. The van der Waals surface area contributed by atoms with Crippen LogP contribution in [0.3, 0.4) is 0 Å². The van der Waals surface area contributed by atoms with Crippen molar-refractivity contribution in [3.8, 4) is 0 Å². The standard InChI is InChI=1S/C14H12BrFN2O/c1-8-4-9(6-11(17)5-8)14(19)18-13-7-10(16)2-3-12(13)15/h2-7H,17H2,1H3,(H,18,19). The lowest BCUT2D eigenvalue weighted by Crippen LogP contribution is -2.13. The van der Waals surface area contributed by atoms with Gasteiger partial charge in [0.1, 0.15) is 5.82 Å². The molecule has 1 amide bonds. The van der Waals surface area contributed by atoms with E-state index in [9.17, 15) is 9.18 Å². The summed E-state index contributed by atoms with van der Waals surface area (Å²) < 4.78 is 13.7. The van der Waals surface area contributed by atoms with E-state index in [-0.39, 0.29) is 5.91 Å². The minimum atomic E-state index is -0.415. The third-order valence-electron chi connectivity index (χ3n) is 2.54. The van der Waals surface area contributed by atoms with Crippen molar-refractivity contribution in [2.75, 3.05) is 11.1 Å². The molecule has 98 valence electrons. The number of nitrogen functional groups attached to an aromatic ring is 1. The van der Waals surface area contributed by atoms with Crippen LogP contribution in [0.2, 0.25) is 0 Å². The molecule has 0 fully saturated rings. The maximum absolute atomic E-state index is 13.1. The molecule has 0 radical (unpaired) electrons. The van der Waals surface area contributed by atoms with Crippen molar-refractivity contribution in [1.82, 2.24) is 0 Å². The molecule has 0 aliphatic carbocycles. The molecule has 2 aromatic carbocycles. The quantitative estimate of drug-likeness (QED) is 0.828. The summed E-state index contributed by atoms with van der Waals surface area (Å²) in [5.41, 5.74) is 7.92. The number of carbonyl (C=O) groups excluding carboxylic acids is 1. The number of carbonyl (C=O) groups is 1. The number of hydrogen-bond donors (Lipinski definition) is 2. The summed E-state index contributed by atoms with van der Waals surface area (Å²) in [7, 11) is 0. The summed E-state index contributed by atoms with van der Waals surface area (Å²) in [5, 5.41) is 2.64. The summed E-state index contributed by atoms with van der Waals surface area (Å²) in [6.45, 7) is 1.85. The van der Waals surface area contributed by atoms with Gasteiger partial charge >= 0.3 is 0 Å². The summed E-state index contributed by atoms with van der Waals surface area (Å²) in [6, 6.07) is 9.17. The molecule has 2 rings (SSSR count). The fourth-order valence-corrected chi connectivity index (χ4v) is 2.08. The highest BCUT2D eigenvalue weighted by molar-refractivity contribution is 9.10. The van der Waals surface area contributed by atoms with E-state index in [1.54, 1.807) is 18.2 Å². The molecule has 3 N–H and O–H groups in total. The molecule has 5 heteroatoms. The number of benzene rings is 2. The molecular weight excluding hydrogens is 311 g/mol. The lowest BCUT2D eigenvalue weighted by Gasteiger charge is -2.09. The number of anilines is 2. The Hall–Kier alpha value is -1.88. The maximum atomic E-state index is 13.1. The lowest BCUT2D eigenvalue weighted by molar-refractivity contribution is 0.102. The summed E-state index contributed by atoms with van der Waals surface area (Å²) in [5.74, 6) is -0.746. The van der Waals surface area contributed by atoms with Crippen LogP contribution in [0.15, 0.2) is 40.9 Å². The Bertz CT molecular complexity index is 623. The first-order valence-corrected chi connectivity index (χ1v) is 6.38. The van der Waals surface area contributed by atoms with Crippen molar-refractivity contribution in [1.29, 1.82) is 0 Å². The van der Waals surface area contributed by atoms with Gasteiger partial charge in [0.25, 0.3) is 5.91 Å². The van der Waals surface area contributed by atoms with E-state index in [0.29, 0.717) is 21.4 Å². The van der Waals surface area contributed by atoms with Gasteiger partial charge in [-0.2, -0.15) is 0 Å². The van der Waals surface area contributed by atoms with Gasteiger partial charge in [-0.05, 0) is 64.8 Å². The van der Waals surface area contributed by atoms with E-state index < -0.39 is 5.82 Å². The zero-order valence-electron chi connectivity index (χ0n) is 10.2. The number of amides is 1. The first-order valence-electron chi connectivity index (χ1n) is 5.59. The van der Waals surface area contributed by atoms with Crippen molar-refractivity contribution in [3.63, 3.8) is 0 Å². The zero-order chi connectivity index (χ0) is 14.0. The molecule has 0 atom stereocenters. The second-order valence-electron chi connectivity index (χ2n) is 4.21. The SMILES string of the molecule is Cc1cc(N)cc(C(=O)Nc2cc(F)ccc2Br)c1. The summed E-state index contributed by atoms with van der Waals surface area (Å²) in [4.78, 5) is 12.1. The van der Waals surface area contributed by atoms with Gasteiger partial charge in [-0.1, -0.05) is 0 Å². The topological polar surface area (TPSA) is 55.1 Å². The Morgan fingerprint density at radius 3 is 2.68 bits per heavy atom. The van der Waals surface area contributed by atoms with Crippen molar-refractivity contribution < 1.29 is 9.18 Å². The van der Waals surface area contributed by atoms with Gasteiger partial charge in [0.2, 0.25) is 0 Å². The lowest BCUT2D eigenvalue weighted by atomic mass is 10.1. The van der Waals surface area contributed by atoms with Gasteiger partial charge in [-0.25, -0.2) is 4.39 Å². The van der Waals surface area contributed by atoms with E-state index in [4.69, 9.17) is 5.73 Å². The van der Waals surface area contributed by atoms with Crippen LogP contribution >= 0.6 is 15.9 Å². The highest BCUT2D eigenvalue weighted by Gasteiger charge is 2.10. The van der Waals surface area contributed by atoms with E-state index in [0.717, 1.165) is 5.56 Å². The molecule has 0 saturated heterocycles. The van der Waals surface area contributed by atoms with Gasteiger partial charge in [-0.15, -0.1) is 0 Å². The van der Waals surface area contributed by atoms with Crippen LogP contribution in [0.4, 0.5) is 15.8 Å². The fraction of sp³-hybridized carbons (Fsp3) is 0.0714. The molecule has 2 aromatic rings. The van der Waals surface area contributed by atoms with Crippen LogP contribution in [-0.4, -0.2) is 5.91 Å². The van der Waals surface area contributed by atoms with Gasteiger partial charge in [0.05, 0.1) is 5.69 Å². The molecule has 0 saturated carbocycles. The second-order valence-corrected chi connectivity index (χ2v) is 5.07. The third-order valence-corrected chi connectivity index (χ3v) is 3.23. The van der Waals surface area contributed by atoms with Crippen LogP contribution < -0.4 is 11.1 Å². The average molecular weight is 323 g/mol. The molecule has 0 aliphatic heterocycles. The number of nitrogens with one attached hydrogen (secondary N) is 1. The van der Waals surface area contributed by atoms with Crippen molar-refractivity contribution in [2.24, 2.45) is 0 Å². The largest absolute Gasteiger partial charge is 0.399 e. The van der Waals surface area contributed by atoms with Crippen LogP contribution in [0.1, 0.15) is 15.9 Å². The van der Waals surface area contributed by atoms with Crippen LogP contribution in [0.5, 0.6) is 0 Å². The van der Waals surface area contributed by atoms with E-state index >= 15 is 0 Å². The van der Waals surface area contributed by atoms with Gasteiger partial charge in [-0.3, -0.25) is 4.79 Å². The molecule has 19 heavy (non-hydrogen) atoms. The second kappa shape index (κ2) is 5.40. The molecule has 3 nitrogen and oxygen atoms in total. The van der Waals surface area contributed by atoms with E-state index in [1.165, 1.54) is 18.2 Å².